The van der Waals surface area contributed by atoms with Gasteiger partial charge in [-0.3, -0.25) is 0 Å². The molecule has 0 saturated heterocycles. The summed E-state index contributed by atoms with van der Waals surface area (Å²) in [6.07, 6.45) is 0. The molecule has 0 saturated carbocycles. The molecule has 0 atom stereocenters. The van der Waals surface area contributed by atoms with E-state index >= 15 is 0 Å². The van der Waals surface area contributed by atoms with Gasteiger partial charge < -0.3 is 4.74 Å². The Balaban J connectivity index is 2.13. The Morgan fingerprint density at radius 1 is 1.09 bits per heavy atom. The third-order valence-electron chi connectivity index (χ3n) is 2.99. The van der Waals surface area contributed by atoms with E-state index in [1.54, 1.807) is 18.2 Å². The minimum atomic E-state index is -0.850. The Hall–Kier alpha value is -2.71. The summed E-state index contributed by atoms with van der Waals surface area (Å²) in [7, 11) is 0. The van der Waals surface area contributed by atoms with E-state index in [4.69, 9.17) is 16.3 Å². The van der Waals surface area contributed by atoms with Gasteiger partial charge in [-0.15, -0.1) is 0 Å². The number of benzene rings is 2. The van der Waals surface area contributed by atoms with Crippen LogP contribution >= 0.6 is 11.6 Å². The summed E-state index contributed by atoms with van der Waals surface area (Å²) in [5.74, 6) is -2.34. The van der Waals surface area contributed by atoms with Crippen molar-refractivity contribution in [2.75, 3.05) is 0 Å². The summed E-state index contributed by atoms with van der Waals surface area (Å²) in [5.41, 5.74) is 0.689. The molecule has 2 aromatic carbocycles. The molecule has 0 aliphatic carbocycles. The number of hydrogen-bond acceptors (Lipinski definition) is 3. The highest BCUT2D eigenvalue weighted by Crippen LogP contribution is 2.30. The number of pyridine rings is 1. The Bertz CT molecular complexity index is 902. The number of fused-ring (bicyclic) bond motifs is 1. The number of hydrogen-bond donors (Lipinski definition) is 0. The van der Waals surface area contributed by atoms with Gasteiger partial charge in [0.05, 0.1) is 11.1 Å². The third-order valence-corrected chi connectivity index (χ3v) is 3.23. The first kappa shape index (κ1) is 14.2. The lowest BCUT2D eigenvalue weighted by molar-refractivity contribution is 0.397. The van der Waals surface area contributed by atoms with Crippen molar-refractivity contribution in [3.05, 3.63) is 64.7 Å². The summed E-state index contributed by atoms with van der Waals surface area (Å²) in [6.45, 7) is 0. The Kier molecular flexibility index (Phi) is 3.61. The van der Waals surface area contributed by atoms with Crippen molar-refractivity contribution in [1.82, 2.24) is 4.98 Å². The van der Waals surface area contributed by atoms with E-state index in [1.807, 2.05) is 6.07 Å². The van der Waals surface area contributed by atoms with Gasteiger partial charge in [0.15, 0.2) is 11.6 Å². The Morgan fingerprint density at radius 2 is 1.82 bits per heavy atom. The van der Waals surface area contributed by atoms with Crippen molar-refractivity contribution < 1.29 is 13.5 Å². The molecule has 0 bridgehead atoms. The van der Waals surface area contributed by atoms with Crippen LogP contribution in [-0.4, -0.2) is 4.98 Å². The maximum atomic E-state index is 13.6. The summed E-state index contributed by atoms with van der Waals surface area (Å²) >= 11 is 5.89. The van der Waals surface area contributed by atoms with E-state index in [1.165, 1.54) is 12.1 Å². The summed E-state index contributed by atoms with van der Waals surface area (Å²) in [6, 6.07) is 11.5. The van der Waals surface area contributed by atoms with Crippen molar-refractivity contribution in [3.63, 3.8) is 0 Å². The van der Waals surface area contributed by atoms with Crippen molar-refractivity contribution in [2.24, 2.45) is 0 Å². The molecule has 0 fully saturated rings. The molecule has 3 nitrogen and oxygen atoms in total. The second-order valence-electron chi connectivity index (χ2n) is 4.43. The van der Waals surface area contributed by atoms with Gasteiger partial charge in [-0.1, -0.05) is 17.7 Å². The zero-order chi connectivity index (χ0) is 15.7. The number of halogens is 3. The first-order chi connectivity index (χ1) is 10.6. The molecule has 0 unspecified atom stereocenters. The molecule has 3 aromatic rings. The van der Waals surface area contributed by atoms with Gasteiger partial charge in [0, 0.05) is 16.5 Å². The number of nitrogens with zero attached hydrogens (tertiary/aromatic N) is 2. The van der Waals surface area contributed by atoms with Gasteiger partial charge >= 0.3 is 0 Å². The van der Waals surface area contributed by atoms with Crippen LogP contribution in [0.3, 0.4) is 0 Å². The van der Waals surface area contributed by atoms with E-state index in [-0.39, 0.29) is 11.4 Å². The zero-order valence-electron chi connectivity index (χ0n) is 11.0. The molecule has 1 aromatic heterocycles. The molecule has 0 N–H and O–H groups in total. The second kappa shape index (κ2) is 5.58. The van der Waals surface area contributed by atoms with Crippen molar-refractivity contribution in [2.45, 2.75) is 0 Å². The van der Waals surface area contributed by atoms with E-state index in [2.05, 4.69) is 4.98 Å². The van der Waals surface area contributed by atoms with Crippen LogP contribution in [0.2, 0.25) is 5.02 Å². The first-order valence-electron chi connectivity index (χ1n) is 6.21. The quantitative estimate of drug-likeness (QED) is 0.680. The van der Waals surface area contributed by atoms with E-state index < -0.39 is 17.4 Å². The largest absolute Gasteiger partial charge is 0.433 e. The van der Waals surface area contributed by atoms with E-state index in [0.29, 0.717) is 15.9 Å². The van der Waals surface area contributed by atoms with Crippen LogP contribution in [-0.2, 0) is 0 Å². The molecule has 108 valence electrons. The fourth-order valence-corrected chi connectivity index (χ4v) is 2.18. The smallest absolute Gasteiger partial charge is 0.221 e. The fraction of sp³-hybridized carbons (Fsp3) is 0. The van der Waals surface area contributed by atoms with E-state index in [9.17, 15) is 14.0 Å². The number of para-hydroxylation sites is 1. The van der Waals surface area contributed by atoms with Crippen molar-refractivity contribution in [1.29, 1.82) is 5.26 Å². The molecule has 0 amide bonds. The summed E-state index contributed by atoms with van der Waals surface area (Å²) < 4.78 is 32.4. The molecule has 6 heteroatoms. The number of rotatable bonds is 2. The first-order valence-corrected chi connectivity index (χ1v) is 6.58. The lowest BCUT2D eigenvalue weighted by Crippen LogP contribution is -1.96. The van der Waals surface area contributed by atoms with Gasteiger partial charge in [0.2, 0.25) is 11.6 Å². The standard InChI is InChI=1S/C16H7ClF2N2O/c17-10-4-5-14-11(7-10)9(8-20)6-15(21-14)22-16-12(18)2-1-3-13(16)19/h1-7H. The highest BCUT2D eigenvalue weighted by Gasteiger charge is 2.14. The van der Waals surface area contributed by atoms with Gasteiger partial charge in [0.25, 0.3) is 0 Å². The van der Waals surface area contributed by atoms with Gasteiger partial charge in [-0.05, 0) is 30.3 Å². The van der Waals surface area contributed by atoms with Gasteiger partial charge in [0.1, 0.15) is 6.07 Å². The number of ether oxygens (including phenoxy) is 1. The SMILES string of the molecule is N#Cc1cc(Oc2c(F)cccc2F)nc2ccc(Cl)cc12. The maximum Gasteiger partial charge on any atom is 0.221 e. The van der Waals surface area contributed by atoms with Crippen LogP contribution < -0.4 is 4.74 Å². The Morgan fingerprint density at radius 3 is 2.50 bits per heavy atom. The topological polar surface area (TPSA) is 45.9 Å². The van der Waals surface area contributed by atoms with Gasteiger partial charge in [-0.25, -0.2) is 13.8 Å². The molecule has 22 heavy (non-hydrogen) atoms. The van der Waals surface area contributed by atoms with E-state index in [0.717, 1.165) is 12.1 Å². The zero-order valence-corrected chi connectivity index (χ0v) is 11.7. The molecule has 1 heterocycles. The molecule has 0 aliphatic heterocycles. The lowest BCUT2D eigenvalue weighted by Gasteiger charge is -2.09. The predicted octanol–water partition coefficient (Wildman–Crippen LogP) is 4.83. The average molecular weight is 317 g/mol. The summed E-state index contributed by atoms with van der Waals surface area (Å²) in [5, 5.41) is 10.2. The third kappa shape index (κ3) is 2.57. The summed E-state index contributed by atoms with van der Waals surface area (Å²) in [4.78, 5) is 4.14. The van der Waals surface area contributed by atoms with Crippen LogP contribution in [0.25, 0.3) is 10.9 Å². The van der Waals surface area contributed by atoms with Crippen LogP contribution in [0.15, 0.2) is 42.5 Å². The number of nitriles is 1. The van der Waals surface area contributed by atoms with Gasteiger partial charge in [-0.2, -0.15) is 5.26 Å². The van der Waals surface area contributed by atoms with Crippen LogP contribution in [0.5, 0.6) is 11.6 Å². The second-order valence-corrected chi connectivity index (χ2v) is 4.87. The normalized spacial score (nSPS) is 10.5. The van der Waals surface area contributed by atoms with Crippen molar-refractivity contribution >= 4 is 22.5 Å². The highest BCUT2D eigenvalue weighted by molar-refractivity contribution is 6.31. The molecule has 0 aliphatic rings. The number of aromatic nitrogens is 1. The highest BCUT2D eigenvalue weighted by atomic mass is 35.5. The Labute approximate surface area is 129 Å². The average Bonchev–Trinajstić information content (AvgIpc) is 2.50. The monoisotopic (exact) mass is 316 g/mol. The predicted molar refractivity (Wildman–Crippen MR) is 77.9 cm³/mol. The molecular formula is C16H7ClF2N2O. The lowest BCUT2D eigenvalue weighted by atomic mass is 10.1. The molecular weight excluding hydrogens is 310 g/mol. The maximum absolute atomic E-state index is 13.6. The van der Waals surface area contributed by atoms with Crippen LogP contribution in [0, 0.1) is 23.0 Å². The molecule has 3 rings (SSSR count). The molecule has 0 spiro atoms. The molecule has 0 radical (unpaired) electrons. The van der Waals surface area contributed by atoms with Crippen molar-refractivity contribution in [3.8, 4) is 17.7 Å². The minimum absolute atomic E-state index is 0.0737. The minimum Gasteiger partial charge on any atom is -0.433 e. The fourth-order valence-electron chi connectivity index (χ4n) is 2.00. The van der Waals surface area contributed by atoms with Crippen LogP contribution in [0.1, 0.15) is 5.56 Å². The van der Waals surface area contributed by atoms with Crippen LogP contribution in [0.4, 0.5) is 8.78 Å².